The number of rotatable bonds is 2. The fourth-order valence-corrected chi connectivity index (χ4v) is 2.89. The number of aromatic nitrogens is 2. The maximum atomic E-state index is 13.2. The van der Waals surface area contributed by atoms with Gasteiger partial charge >= 0.3 is 6.18 Å². The fourth-order valence-electron chi connectivity index (χ4n) is 2.89. The highest BCUT2D eigenvalue weighted by atomic mass is 19.4. The van der Waals surface area contributed by atoms with Gasteiger partial charge in [0, 0.05) is 11.3 Å². The van der Waals surface area contributed by atoms with E-state index in [2.05, 4.69) is 5.10 Å². The van der Waals surface area contributed by atoms with Gasteiger partial charge in [-0.05, 0) is 43.4 Å². The Hall–Kier alpha value is -2.29. The fraction of sp³-hybridized carbons (Fsp3) is 0.375. The molecule has 3 nitrogen and oxygen atoms in total. The summed E-state index contributed by atoms with van der Waals surface area (Å²) in [5.74, 6) is 0. The van der Waals surface area contributed by atoms with Crippen LogP contribution in [0.2, 0.25) is 0 Å². The molecule has 3 rings (SSSR count). The van der Waals surface area contributed by atoms with Crippen molar-refractivity contribution in [3.8, 4) is 11.8 Å². The quantitative estimate of drug-likeness (QED) is 0.846. The molecule has 1 heterocycles. The van der Waals surface area contributed by atoms with Crippen LogP contribution in [-0.4, -0.2) is 9.78 Å². The van der Waals surface area contributed by atoms with Crippen LogP contribution in [0.1, 0.15) is 35.4 Å². The van der Waals surface area contributed by atoms with Crippen molar-refractivity contribution in [1.29, 1.82) is 5.26 Å². The molecule has 0 fully saturated rings. The van der Waals surface area contributed by atoms with Crippen LogP contribution >= 0.6 is 0 Å². The summed E-state index contributed by atoms with van der Waals surface area (Å²) in [6.45, 7) is 0. The van der Waals surface area contributed by atoms with E-state index in [1.165, 1.54) is 4.68 Å². The highest BCUT2D eigenvalue weighted by Crippen LogP contribution is 2.36. The first kappa shape index (κ1) is 14.6. The normalized spacial score (nSPS) is 14.5. The summed E-state index contributed by atoms with van der Waals surface area (Å²) < 4.78 is 40.9. The summed E-state index contributed by atoms with van der Waals surface area (Å²) in [5.41, 5.74) is 1.67. The van der Waals surface area contributed by atoms with Gasteiger partial charge in [0.2, 0.25) is 0 Å². The second kappa shape index (κ2) is 5.48. The Morgan fingerprint density at radius 1 is 1.14 bits per heavy atom. The van der Waals surface area contributed by atoms with Crippen molar-refractivity contribution in [3.05, 3.63) is 46.8 Å². The summed E-state index contributed by atoms with van der Waals surface area (Å²) in [5, 5.41) is 12.5. The molecule has 0 amide bonds. The molecule has 1 aliphatic carbocycles. The minimum atomic E-state index is -4.42. The number of benzene rings is 1. The van der Waals surface area contributed by atoms with Gasteiger partial charge in [-0.15, -0.1) is 0 Å². The minimum absolute atomic E-state index is 0.283. The number of nitriles is 1. The Morgan fingerprint density at radius 3 is 2.45 bits per heavy atom. The second-order valence-electron chi connectivity index (χ2n) is 5.39. The van der Waals surface area contributed by atoms with Crippen molar-refractivity contribution in [1.82, 2.24) is 9.78 Å². The number of hydrogen-bond acceptors (Lipinski definition) is 2. The highest BCUT2D eigenvalue weighted by molar-refractivity contribution is 5.41. The van der Waals surface area contributed by atoms with Crippen LogP contribution in [0.15, 0.2) is 24.3 Å². The maximum Gasteiger partial charge on any atom is 0.435 e. The van der Waals surface area contributed by atoms with Gasteiger partial charge in [-0.25, -0.2) is 4.68 Å². The summed E-state index contributed by atoms with van der Waals surface area (Å²) in [6.07, 6.45) is -1.46. The number of alkyl halides is 3. The van der Waals surface area contributed by atoms with Gasteiger partial charge in [-0.3, -0.25) is 0 Å². The van der Waals surface area contributed by atoms with Crippen molar-refractivity contribution in [2.45, 2.75) is 38.3 Å². The molecule has 0 spiro atoms. The third-order valence-corrected chi connectivity index (χ3v) is 3.91. The Morgan fingerprint density at radius 2 is 1.82 bits per heavy atom. The average Bonchev–Trinajstić information content (AvgIpc) is 2.88. The van der Waals surface area contributed by atoms with Crippen LogP contribution < -0.4 is 0 Å². The molecule has 0 atom stereocenters. The zero-order valence-electron chi connectivity index (χ0n) is 11.8. The molecule has 1 aromatic carbocycles. The predicted molar refractivity (Wildman–Crippen MR) is 74.5 cm³/mol. The molecule has 0 saturated heterocycles. The van der Waals surface area contributed by atoms with Gasteiger partial charge in [0.15, 0.2) is 5.69 Å². The lowest BCUT2D eigenvalue weighted by Crippen LogP contribution is -2.11. The molecule has 6 heteroatoms. The monoisotopic (exact) mass is 305 g/mol. The van der Waals surface area contributed by atoms with E-state index in [-0.39, 0.29) is 6.42 Å². The standard InChI is InChI=1S/C16H14F3N3/c17-16(18,19)15-13-3-1-2-4-14(13)22(21-15)12-7-5-11(6-8-12)9-10-20/h5-8H,1-4,9H2. The first-order chi connectivity index (χ1) is 10.5. The van der Waals surface area contributed by atoms with Gasteiger partial charge < -0.3 is 0 Å². The third-order valence-electron chi connectivity index (χ3n) is 3.91. The minimum Gasteiger partial charge on any atom is -0.237 e. The van der Waals surface area contributed by atoms with Crippen LogP contribution in [0, 0.1) is 11.3 Å². The van der Waals surface area contributed by atoms with Crippen LogP contribution in [0.3, 0.4) is 0 Å². The van der Waals surface area contributed by atoms with Gasteiger partial charge in [0.05, 0.1) is 18.2 Å². The zero-order chi connectivity index (χ0) is 15.7. The Kier molecular flexibility index (Phi) is 3.65. The van der Waals surface area contributed by atoms with Crippen molar-refractivity contribution in [3.63, 3.8) is 0 Å². The molecule has 0 N–H and O–H groups in total. The van der Waals surface area contributed by atoms with Crippen molar-refractivity contribution in [2.24, 2.45) is 0 Å². The molecule has 0 bridgehead atoms. The van der Waals surface area contributed by atoms with Crippen molar-refractivity contribution in [2.75, 3.05) is 0 Å². The molecule has 0 saturated carbocycles. The second-order valence-corrected chi connectivity index (χ2v) is 5.39. The Bertz CT molecular complexity index is 721. The van der Waals surface area contributed by atoms with Crippen molar-refractivity contribution >= 4 is 0 Å². The van der Waals surface area contributed by atoms with Crippen LogP contribution in [-0.2, 0) is 25.4 Å². The van der Waals surface area contributed by atoms with E-state index >= 15 is 0 Å². The molecule has 1 aliphatic rings. The summed E-state index contributed by atoms with van der Waals surface area (Å²) in [7, 11) is 0. The van der Waals surface area contributed by atoms with Crippen molar-refractivity contribution < 1.29 is 13.2 Å². The molecule has 114 valence electrons. The van der Waals surface area contributed by atoms with Gasteiger partial charge in [0.1, 0.15) is 0 Å². The van der Waals surface area contributed by atoms with Gasteiger partial charge in [-0.1, -0.05) is 12.1 Å². The van der Waals surface area contributed by atoms with E-state index in [1.54, 1.807) is 24.3 Å². The molecular formula is C16H14F3N3. The van der Waals surface area contributed by atoms with E-state index in [4.69, 9.17) is 5.26 Å². The smallest absolute Gasteiger partial charge is 0.237 e. The number of nitrogens with zero attached hydrogens (tertiary/aromatic N) is 3. The molecule has 22 heavy (non-hydrogen) atoms. The largest absolute Gasteiger partial charge is 0.435 e. The van der Waals surface area contributed by atoms with E-state index in [1.807, 2.05) is 6.07 Å². The summed E-state index contributed by atoms with van der Waals surface area (Å²) in [4.78, 5) is 0. The Balaban J connectivity index is 2.07. The lowest BCUT2D eigenvalue weighted by Gasteiger charge is -2.14. The van der Waals surface area contributed by atoms with Crippen LogP contribution in [0.25, 0.3) is 5.69 Å². The Labute approximate surface area is 126 Å². The number of halogens is 3. The van der Waals surface area contributed by atoms with E-state index < -0.39 is 11.9 Å². The first-order valence-electron chi connectivity index (χ1n) is 7.15. The lowest BCUT2D eigenvalue weighted by molar-refractivity contribution is -0.142. The van der Waals surface area contributed by atoms with Crippen LogP contribution in [0.4, 0.5) is 13.2 Å². The molecule has 0 radical (unpaired) electrons. The predicted octanol–water partition coefficient (Wildman–Crippen LogP) is 3.84. The molecule has 0 unspecified atom stereocenters. The summed E-state index contributed by atoms with van der Waals surface area (Å²) in [6, 6.07) is 8.99. The number of fused-ring (bicyclic) bond motifs is 1. The van der Waals surface area contributed by atoms with E-state index in [9.17, 15) is 13.2 Å². The third kappa shape index (κ3) is 2.59. The van der Waals surface area contributed by atoms with Gasteiger partial charge in [-0.2, -0.15) is 23.5 Å². The maximum absolute atomic E-state index is 13.2. The molecule has 2 aromatic rings. The highest BCUT2D eigenvalue weighted by Gasteiger charge is 2.39. The first-order valence-corrected chi connectivity index (χ1v) is 7.15. The SMILES string of the molecule is N#CCc1ccc(-n2nc(C(F)(F)F)c3c2CCCC3)cc1. The summed E-state index contributed by atoms with van der Waals surface area (Å²) >= 11 is 0. The molecule has 0 aliphatic heterocycles. The van der Waals surface area contributed by atoms with E-state index in [0.29, 0.717) is 29.8 Å². The van der Waals surface area contributed by atoms with Gasteiger partial charge in [0.25, 0.3) is 0 Å². The zero-order valence-corrected chi connectivity index (χ0v) is 11.8. The van der Waals surface area contributed by atoms with Crippen LogP contribution in [0.5, 0.6) is 0 Å². The molecular weight excluding hydrogens is 291 g/mol. The topological polar surface area (TPSA) is 41.6 Å². The lowest BCUT2D eigenvalue weighted by atomic mass is 9.95. The average molecular weight is 305 g/mol. The number of hydrogen-bond donors (Lipinski definition) is 0. The van der Waals surface area contributed by atoms with E-state index in [0.717, 1.165) is 18.4 Å². The molecule has 1 aromatic heterocycles.